The molecule has 0 aliphatic carbocycles. The number of nitrogens with one attached hydrogen (secondary N) is 1. The molecular formula is C18H19IN2O4. The molecule has 0 unspecified atom stereocenters. The summed E-state index contributed by atoms with van der Waals surface area (Å²) in [6.07, 6.45) is 1.47. The number of nitrogens with zero attached hydrogens (tertiary/aromatic N) is 1. The quantitative estimate of drug-likeness (QED) is 0.400. The minimum Gasteiger partial charge on any atom is -0.504 e. The number of carbonyl (C=O) groups is 1. The number of hydrogen-bond acceptors (Lipinski definition) is 5. The van der Waals surface area contributed by atoms with E-state index in [0.717, 1.165) is 11.1 Å². The van der Waals surface area contributed by atoms with E-state index in [1.54, 1.807) is 12.1 Å². The fourth-order valence-electron chi connectivity index (χ4n) is 2.20. The Bertz CT molecular complexity index is 786. The van der Waals surface area contributed by atoms with E-state index in [-0.39, 0.29) is 18.3 Å². The zero-order valence-corrected chi connectivity index (χ0v) is 16.3. The summed E-state index contributed by atoms with van der Waals surface area (Å²) in [5.41, 5.74) is 5.05. The van der Waals surface area contributed by atoms with Gasteiger partial charge in [-0.2, -0.15) is 5.10 Å². The van der Waals surface area contributed by atoms with E-state index in [4.69, 9.17) is 9.47 Å². The van der Waals surface area contributed by atoms with Gasteiger partial charge in [0.25, 0.3) is 5.91 Å². The predicted octanol–water partition coefficient (Wildman–Crippen LogP) is 3.15. The third-order valence-electron chi connectivity index (χ3n) is 3.43. The number of carbonyl (C=O) groups excluding carboxylic acids is 1. The van der Waals surface area contributed by atoms with Crippen LogP contribution in [-0.4, -0.2) is 30.9 Å². The average Bonchev–Trinajstić information content (AvgIpc) is 2.57. The van der Waals surface area contributed by atoms with Gasteiger partial charge in [-0.15, -0.1) is 0 Å². The Hall–Kier alpha value is -2.29. The van der Waals surface area contributed by atoms with Gasteiger partial charge in [-0.3, -0.25) is 4.79 Å². The number of halogens is 1. The van der Waals surface area contributed by atoms with Crippen LogP contribution in [0.1, 0.15) is 16.7 Å². The van der Waals surface area contributed by atoms with Gasteiger partial charge in [0.15, 0.2) is 18.1 Å². The Balaban J connectivity index is 1.94. The van der Waals surface area contributed by atoms with Crippen LogP contribution in [0, 0.1) is 17.4 Å². The van der Waals surface area contributed by atoms with Gasteiger partial charge in [-0.05, 0) is 65.3 Å². The number of rotatable bonds is 6. The molecule has 6 nitrogen and oxygen atoms in total. The van der Waals surface area contributed by atoms with Crippen molar-refractivity contribution < 1.29 is 19.4 Å². The zero-order chi connectivity index (χ0) is 18.4. The fourth-order valence-corrected chi connectivity index (χ4v) is 2.82. The molecule has 132 valence electrons. The summed E-state index contributed by atoms with van der Waals surface area (Å²) < 4.78 is 11.3. The number of hydrazone groups is 1. The third-order valence-corrected chi connectivity index (χ3v) is 4.25. The number of amides is 1. The first-order valence-electron chi connectivity index (χ1n) is 7.49. The summed E-state index contributed by atoms with van der Waals surface area (Å²) in [6.45, 7) is 3.73. The topological polar surface area (TPSA) is 80.2 Å². The maximum atomic E-state index is 11.9. The van der Waals surface area contributed by atoms with Crippen LogP contribution >= 0.6 is 22.6 Å². The van der Waals surface area contributed by atoms with Crippen molar-refractivity contribution in [1.82, 2.24) is 5.43 Å². The molecule has 0 fully saturated rings. The molecule has 0 spiro atoms. The van der Waals surface area contributed by atoms with Gasteiger partial charge in [-0.1, -0.05) is 18.2 Å². The summed E-state index contributed by atoms with van der Waals surface area (Å²) in [5.74, 6) is 0.767. The summed E-state index contributed by atoms with van der Waals surface area (Å²) in [5, 5.41) is 13.7. The third kappa shape index (κ3) is 5.09. The molecule has 1 amide bonds. The predicted molar refractivity (Wildman–Crippen MR) is 105 cm³/mol. The molecule has 0 aliphatic heterocycles. The van der Waals surface area contributed by atoms with E-state index in [9.17, 15) is 9.90 Å². The number of hydrogen-bond donors (Lipinski definition) is 2. The molecule has 2 N–H and O–H groups in total. The van der Waals surface area contributed by atoms with Crippen LogP contribution in [-0.2, 0) is 4.79 Å². The Morgan fingerprint density at radius 3 is 2.64 bits per heavy atom. The van der Waals surface area contributed by atoms with Gasteiger partial charge in [-0.25, -0.2) is 5.43 Å². The van der Waals surface area contributed by atoms with Crippen molar-refractivity contribution in [3.8, 4) is 17.2 Å². The number of aryl methyl sites for hydroxylation is 2. The highest BCUT2D eigenvalue weighted by atomic mass is 127. The van der Waals surface area contributed by atoms with Crippen LogP contribution in [0.2, 0.25) is 0 Å². The van der Waals surface area contributed by atoms with E-state index < -0.39 is 0 Å². The number of aromatic hydroxyl groups is 1. The SMILES string of the molecule is COc1cc(C=NNC(=O)COc2c(C)cccc2C)cc(I)c1O. The minimum absolute atomic E-state index is 0.0753. The second-order valence-corrected chi connectivity index (χ2v) is 6.52. The highest BCUT2D eigenvalue weighted by Crippen LogP contribution is 2.31. The van der Waals surface area contributed by atoms with Crippen molar-refractivity contribution in [3.63, 3.8) is 0 Å². The Morgan fingerprint density at radius 1 is 1.32 bits per heavy atom. The molecule has 0 aliphatic rings. The maximum absolute atomic E-state index is 11.9. The molecule has 2 aromatic rings. The van der Waals surface area contributed by atoms with Crippen molar-refractivity contribution in [2.24, 2.45) is 5.10 Å². The molecule has 0 bridgehead atoms. The Labute approximate surface area is 160 Å². The van der Waals surface area contributed by atoms with Crippen LogP contribution in [0.4, 0.5) is 0 Å². The first kappa shape index (κ1) is 19.0. The largest absolute Gasteiger partial charge is 0.504 e. The molecule has 2 aromatic carbocycles. The second-order valence-electron chi connectivity index (χ2n) is 5.36. The van der Waals surface area contributed by atoms with E-state index in [2.05, 4.69) is 10.5 Å². The number of methoxy groups -OCH3 is 1. The van der Waals surface area contributed by atoms with Crippen molar-refractivity contribution in [1.29, 1.82) is 0 Å². The Kier molecular flexibility index (Phi) is 6.63. The molecule has 0 heterocycles. The lowest BCUT2D eigenvalue weighted by atomic mass is 10.1. The summed E-state index contributed by atoms with van der Waals surface area (Å²) >= 11 is 1.99. The highest BCUT2D eigenvalue weighted by molar-refractivity contribution is 14.1. The highest BCUT2D eigenvalue weighted by Gasteiger charge is 2.08. The molecule has 2 rings (SSSR count). The monoisotopic (exact) mass is 454 g/mol. The number of phenols is 1. The van der Waals surface area contributed by atoms with Crippen molar-refractivity contribution in [2.45, 2.75) is 13.8 Å². The van der Waals surface area contributed by atoms with E-state index in [0.29, 0.717) is 20.6 Å². The van der Waals surface area contributed by atoms with Crippen molar-refractivity contribution in [2.75, 3.05) is 13.7 Å². The smallest absolute Gasteiger partial charge is 0.277 e. The second kappa shape index (κ2) is 8.70. The number of para-hydroxylation sites is 1. The molecule has 7 heteroatoms. The van der Waals surface area contributed by atoms with Crippen molar-refractivity contribution >= 4 is 34.7 Å². The van der Waals surface area contributed by atoms with Gasteiger partial charge >= 0.3 is 0 Å². The minimum atomic E-state index is -0.362. The van der Waals surface area contributed by atoms with Crippen molar-refractivity contribution in [3.05, 3.63) is 50.6 Å². The molecule has 0 radical (unpaired) electrons. The maximum Gasteiger partial charge on any atom is 0.277 e. The lowest BCUT2D eigenvalue weighted by Crippen LogP contribution is -2.25. The van der Waals surface area contributed by atoms with E-state index in [1.807, 2.05) is 54.6 Å². The summed E-state index contributed by atoms with van der Waals surface area (Å²) in [6, 6.07) is 9.15. The molecule has 25 heavy (non-hydrogen) atoms. The number of phenolic OH excluding ortho intramolecular Hbond substituents is 1. The van der Waals surface area contributed by atoms with Crippen LogP contribution in [0.3, 0.4) is 0 Å². The van der Waals surface area contributed by atoms with Gasteiger partial charge in [0.05, 0.1) is 16.9 Å². The number of ether oxygens (including phenoxy) is 2. The molecule has 0 saturated heterocycles. The van der Waals surface area contributed by atoms with E-state index in [1.165, 1.54) is 13.3 Å². The normalized spacial score (nSPS) is 10.7. The van der Waals surface area contributed by atoms with Gasteiger partial charge in [0, 0.05) is 0 Å². The lowest BCUT2D eigenvalue weighted by Gasteiger charge is -2.10. The summed E-state index contributed by atoms with van der Waals surface area (Å²) in [7, 11) is 1.47. The molecule has 0 saturated carbocycles. The van der Waals surface area contributed by atoms with Gasteiger partial charge < -0.3 is 14.6 Å². The van der Waals surface area contributed by atoms with Gasteiger partial charge in [0.1, 0.15) is 5.75 Å². The van der Waals surface area contributed by atoms with Crippen LogP contribution in [0.15, 0.2) is 35.4 Å². The molecule has 0 atom stereocenters. The number of benzene rings is 2. The Morgan fingerprint density at radius 2 is 2.00 bits per heavy atom. The summed E-state index contributed by atoms with van der Waals surface area (Å²) in [4.78, 5) is 11.9. The zero-order valence-electron chi connectivity index (χ0n) is 14.2. The molecule has 0 aromatic heterocycles. The van der Waals surface area contributed by atoms with Gasteiger partial charge in [0.2, 0.25) is 0 Å². The first-order valence-corrected chi connectivity index (χ1v) is 8.57. The van der Waals surface area contributed by atoms with E-state index >= 15 is 0 Å². The standard InChI is InChI=1S/C18H19IN2O4/c1-11-5-4-6-12(2)18(11)25-10-16(22)21-20-9-13-7-14(19)17(23)15(8-13)24-3/h4-9,23H,10H2,1-3H3,(H,21,22). The fraction of sp³-hybridized carbons (Fsp3) is 0.222. The molecular weight excluding hydrogens is 435 g/mol. The van der Waals surface area contributed by atoms with Crippen LogP contribution in [0.25, 0.3) is 0 Å². The van der Waals surface area contributed by atoms with Crippen LogP contribution in [0.5, 0.6) is 17.2 Å². The van der Waals surface area contributed by atoms with Crippen LogP contribution < -0.4 is 14.9 Å². The average molecular weight is 454 g/mol. The first-order chi connectivity index (χ1) is 11.9. The lowest BCUT2D eigenvalue weighted by molar-refractivity contribution is -0.123.